The predicted molar refractivity (Wildman–Crippen MR) is 86.7 cm³/mol. The molecule has 3 rings (SSSR count). The summed E-state index contributed by atoms with van der Waals surface area (Å²) in [6.07, 6.45) is 5.58. The standard InChI is InChI=1S/C9H11N3.C7H14N2O/c1-2-4-8-5-3-6-9-10-7-11-12(8)9;1-8-4-6-9-5-2-3-7(9)10/h3,5-7H,2,4H2,1H3;8H,2-6H2,1H3. The molecule has 22 heavy (non-hydrogen) atoms. The molecule has 0 spiro atoms. The summed E-state index contributed by atoms with van der Waals surface area (Å²) in [4.78, 5) is 17.0. The molecule has 0 bridgehead atoms. The fourth-order valence-electron chi connectivity index (χ4n) is 2.53. The van der Waals surface area contributed by atoms with Crippen LogP contribution in [-0.4, -0.2) is 52.1 Å². The van der Waals surface area contributed by atoms with Crippen LogP contribution in [0.2, 0.25) is 0 Å². The van der Waals surface area contributed by atoms with E-state index in [1.807, 2.05) is 28.6 Å². The molecule has 1 N–H and O–H groups in total. The largest absolute Gasteiger partial charge is 0.341 e. The van der Waals surface area contributed by atoms with Gasteiger partial charge in [-0.1, -0.05) is 19.4 Å². The molecule has 3 heterocycles. The highest BCUT2D eigenvalue weighted by atomic mass is 16.2. The van der Waals surface area contributed by atoms with Gasteiger partial charge in [0.15, 0.2) is 5.65 Å². The first kappa shape index (κ1) is 16.4. The number of pyridine rings is 1. The van der Waals surface area contributed by atoms with Crippen molar-refractivity contribution in [3.8, 4) is 0 Å². The summed E-state index contributed by atoms with van der Waals surface area (Å²) in [5.41, 5.74) is 2.16. The molecule has 0 atom stereocenters. The molecule has 2 aromatic heterocycles. The van der Waals surface area contributed by atoms with E-state index in [4.69, 9.17) is 0 Å². The molecular formula is C16H25N5O. The van der Waals surface area contributed by atoms with Gasteiger partial charge in [0.05, 0.1) is 0 Å². The summed E-state index contributed by atoms with van der Waals surface area (Å²) in [6.45, 7) is 4.90. The van der Waals surface area contributed by atoms with E-state index in [0.29, 0.717) is 5.91 Å². The molecule has 1 saturated heterocycles. The first-order chi connectivity index (χ1) is 10.8. The van der Waals surface area contributed by atoms with E-state index >= 15 is 0 Å². The van der Waals surface area contributed by atoms with Crippen molar-refractivity contribution in [3.05, 3.63) is 30.2 Å². The Morgan fingerprint density at radius 1 is 1.36 bits per heavy atom. The van der Waals surface area contributed by atoms with Crippen molar-refractivity contribution in [3.63, 3.8) is 0 Å². The maximum atomic E-state index is 11.0. The number of likely N-dealkylation sites (N-methyl/N-ethyl adjacent to an activating group) is 1. The van der Waals surface area contributed by atoms with Crippen LogP contribution in [0, 0.1) is 0 Å². The van der Waals surface area contributed by atoms with E-state index in [1.165, 1.54) is 5.69 Å². The van der Waals surface area contributed by atoms with Crippen LogP contribution in [0.4, 0.5) is 0 Å². The van der Waals surface area contributed by atoms with Gasteiger partial charge in [-0.2, -0.15) is 5.10 Å². The highest BCUT2D eigenvalue weighted by Gasteiger charge is 2.18. The molecule has 1 amide bonds. The summed E-state index contributed by atoms with van der Waals surface area (Å²) in [5.74, 6) is 0.315. The molecule has 6 heteroatoms. The molecule has 1 aliphatic heterocycles. The predicted octanol–water partition coefficient (Wildman–Crippen LogP) is 1.51. The summed E-state index contributed by atoms with van der Waals surface area (Å²) in [7, 11) is 1.90. The molecule has 0 aliphatic carbocycles. The van der Waals surface area contributed by atoms with Gasteiger partial charge in [0, 0.05) is 31.7 Å². The molecule has 120 valence electrons. The third-order valence-electron chi connectivity index (χ3n) is 3.69. The van der Waals surface area contributed by atoms with E-state index in [0.717, 1.165) is 51.0 Å². The number of likely N-dealkylation sites (tertiary alicyclic amines) is 1. The molecule has 0 radical (unpaired) electrons. The smallest absolute Gasteiger partial charge is 0.222 e. The summed E-state index contributed by atoms with van der Waals surface area (Å²) >= 11 is 0. The van der Waals surface area contributed by atoms with Gasteiger partial charge in [-0.05, 0) is 32.0 Å². The lowest BCUT2D eigenvalue weighted by atomic mass is 10.2. The van der Waals surface area contributed by atoms with Gasteiger partial charge in [0.1, 0.15) is 6.33 Å². The zero-order chi connectivity index (χ0) is 15.8. The van der Waals surface area contributed by atoms with Crippen molar-refractivity contribution in [2.45, 2.75) is 32.6 Å². The Morgan fingerprint density at radius 3 is 2.91 bits per heavy atom. The second kappa shape index (κ2) is 8.48. The SMILES string of the molecule is CCCc1cccc2ncnn12.CNCCN1CCCC1=O. The first-order valence-corrected chi connectivity index (χ1v) is 7.96. The van der Waals surface area contributed by atoms with Gasteiger partial charge in [0.2, 0.25) is 5.91 Å². The lowest BCUT2D eigenvalue weighted by molar-refractivity contribution is -0.127. The van der Waals surface area contributed by atoms with Crippen molar-refractivity contribution in [2.75, 3.05) is 26.7 Å². The Kier molecular flexibility index (Phi) is 6.33. The normalized spacial score (nSPS) is 14.3. The quantitative estimate of drug-likeness (QED) is 0.909. The van der Waals surface area contributed by atoms with Gasteiger partial charge >= 0.3 is 0 Å². The lowest BCUT2D eigenvalue weighted by Gasteiger charge is -2.14. The highest BCUT2D eigenvalue weighted by molar-refractivity contribution is 5.78. The number of fused-ring (bicyclic) bond motifs is 1. The third kappa shape index (κ3) is 4.27. The maximum absolute atomic E-state index is 11.0. The van der Waals surface area contributed by atoms with E-state index in [9.17, 15) is 4.79 Å². The van der Waals surface area contributed by atoms with Crippen molar-refractivity contribution >= 4 is 11.6 Å². The van der Waals surface area contributed by atoms with Crippen LogP contribution in [0.25, 0.3) is 5.65 Å². The molecule has 6 nitrogen and oxygen atoms in total. The average molecular weight is 303 g/mol. The Balaban J connectivity index is 0.000000164. The summed E-state index contributed by atoms with van der Waals surface area (Å²) in [6, 6.07) is 6.08. The molecule has 1 fully saturated rings. The second-order valence-electron chi connectivity index (χ2n) is 5.39. The fourth-order valence-corrected chi connectivity index (χ4v) is 2.53. The number of aromatic nitrogens is 3. The number of carbonyl (C=O) groups is 1. The number of carbonyl (C=O) groups excluding carboxylic acids is 1. The van der Waals surface area contributed by atoms with Crippen molar-refractivity contribution < 1.29 is 4.79 Å². The monoisotopic (exact) mass is 303 g/mol. The van der Waals surface area contributed by atoms with E-state index < -0.39 is 0 Å². The minimum absolute atomic E-state index is 0.315. The Morgan fingerprint density at radius 2 is 2.23 bits per heavy atom. The first-order valence-electron chi connectivity index (χ1n) is 7.96. The number of nitrogens with zero attached hydrogens (tertiary/aromatic N) is 4. The lowest BCUT2D eigenvalue weighted by Crippen LogP contribution is -2.31. The van der Waals surface area contributed by atoms with Crippen LogP contribution in [0.3, 0.4) is 0 Å². The van der Waals surface area contributed by atoms with Gasteiger partial charge in [0.25, 0.3) is 0 Å². The molecule has 0 saturated carbocycles. The minimum Gasteiger partial charge on any atom is -0.341 e. The fraction of sp³-hybridized carbons (Fsp3) is 0.562. The zero-order valence-corrected chi connectivity index (χ0v) is 13.5. The number of amides is 1. The molecule has 2 aromatic rings. The Hall–Kier alpha value is -1.95. The van der Waals surface area contributed by atoms with Crippen LogP contribution in [0.5, 0.6) is 0 Å². The second-order valence-corrected chi connectivity index (χ2v) is 5.39. The Bertz CT molecular complexity index is 595. The third-order valence-corrected chi connectivity index (χ3v) is 3.69. The number of hydrogen-bond donors (Lipinski definition) is 1. The van der Waals surface area contributed by atoms with Crippen LogP contribution >= 0.6 is 0 Å². The molecule has 1 aliphatic rings. The molecular weight excluding hydrogens is 278 g/mol. The number of hydrogen-bond acceptors (Lipinski definition) is 4. The van der Waals surface area contributed by atoms with Gasteiger partial charge in [-0.25, -0.2) is 9.50 Å². The van der Waals surface area contributed by atoms with Crippen LogP contribution < -0.4 is 5.32 Å². The topological polar surface area (TPSA) is 62.5 Å². The van der Waals surface area contributed by atoms with Gasteiger partial charge < -0.3 is 10.2 Å². The number of aryl methyl sites for hydroxylation is 1. The summed E-state index contributed by atoms with van der Waals surface area (Å²) in [5, 5.41) is 7.16. The average Bonchev–Trinajstić information content (AvgIpc) is 3.15. The number of rotatable bonds is 5. The van der Waals surface area contributed by atoms with Gasteiger partial charge in [-0.15, -0.1) is 0 Å². The molecule has 0 unspecified atom stereocenters. The Labute approximate surface area is 131 Å². The zero-order valence-electron chi connectivity index (χ0n) is 13.5. The highest BCUT2D eigenvalue weighted by Crippen LogP contribution is 2.07. The van der Waals surface area contributed by atoms with Crippen LogP contribution in [0.1, 0.15) is 31.9 Å². The molecule has 0 aromatic carbocycles. The number of nitrogens with one attached hydrogen (secondary N) is 1. The van der Waals surface area contributed by atoms with Gasteiger partial charge in [-0.3, -0.25) is 4.79 Å². The van der Waals surface area contributed by atoms with E-state index in [2.05, 4.69) is 28.4 Å². The minimum atomic E-state index is 0.315. The van der Waals surface area contributed by atoms with E-state index in [-0.39, 0.29) is 0 Å². The van der Waals surface area contributed by atoms with E-state index in [1.54, 1.807) is 6.33 Å². The van der Waals surface area contributed by atoms with Crippen LogP contribution in [-0.2, 0) is 11.2 Å². The van der Waals surface area contributed by atoms with Crippen molar-refractivity contribution in [2.24, 2.45) is 0 Å². The van der Waals surface area contributed by atoms with Crippen molar-refractivity contribution in [1.82, 2.24) is 24.8 Å². The van der Waals surface area contributed by atoms with Crippen LogP contribution in [0.15, 0.2) is 24.5 Å². The van der Waals surface area contributed by atoms with Crippen molar-refractivity contribution in [1.29, 1.82) is 0 Å². The maximum Gasteiger partial charge on any atom is 0.222 e. The summed E-state index contributed by atoms with van der Waals surface area (Å²) < 4.78 is 1.89.